The maximum atomic E-state index is 12.2. The Labute approximate surface area is 142 Å². The van der Waals surface area contributed by atoms with Crippen molar-refractivity contribution >= 4 is 22.4 Å². The summed E-state index contributed by atoms with van der Waals surface area (Å²) >= 11 is 1.26. The van der Waals surface area contributed by atoms with Crippen LogP contribution in [0.4, 0.5) is 5.13 Å². The second-order valence-electron chi connectivity index (χ2n) is 5.33. The molecule has 0 radical (unpaired) electrons. The highest BCUT2D eigenvalue weighted by atomic mass is 32.1. The number of rotatable bonds is 5. The minimum atomic E-state index is -0.256. The van der Waals surface area contributed by atoms with Gasteiger partial charge in [-0.25, -0.2) is 4.98 Å². The number of oxazole rings is 1. The van der Waals surface area contributed by atoms with E-state index in [-0.39, 0.29) is 18.4 Å². The van der Waals surface area contributed by atoms with Gasteiger partial charge in [0, 0.05) is 5.56 Å². The number of nitrogen functional groups attached to an aromatic ring is 1. The summed E-state index contributed by atoms with van der Waals surface area (Å²) in [4.78, 5) is 16.7. The number of carbonyl (C=O) groups excluding carboxylic acids is 1. The highest BCUT2D eigenvalue weighted by molar-refractivity contribution is 7.15. The van der Waals surface area contributed by atoms with E-state index in [0.717, 1.165) is 5.56 Å². The van der Waals surface area contributed by atoms with Gasteiger partial charge in [-0.1, -0.05) is 29.5 Å². The maximum absolute atomic E-state index is 12.2. The standard InChI is InChI=1S/C16H17N5O2S/c1-9(15-20-21-16(17)24-15)18-13(22)8-12-10(2)23-14(19-12)11-6-4-3-5-7-11/h3-7,9H,8H2,1-2H3,(H2,17,21)(H,18,22)/t9-/m1/s1. The number of nitrogens with zero attached hydrogens (tertiary/aromatic N) is 3. The van der Waals surface area contributed by atoms with Crippen molar-refractivity contribution in [2.24, 2.45) is 0 Å². The average Bonchev–Trinajstić information content (AvgIpc) is 3.15. The lowest BCUT2D eigenvalue weighted by Gasteiger charge is -2.09. The van der Waals surface area contributed by atoms with E-state index in [0.29, 0.717) is 27.5 Å². The number of nitrogens with two attached hydrogens (primary N) is 1. The molecule has 1 amide bonds. The summed E-state index contributed by atoms with van der Waals surface area (Å²) in [6.45, 7) is 3.64. The highest BCUT2D eigenvalue weighted by Crippen LogP contribution is 2.22. The third kappa shape index (κ3) is 3.60. The SMILES string of the molecule is Cc1oc(-c2ccccc2)nc1CC(=O)N[C@H](C)c1nnc(N)s1. The second kappa shape index (κ2) is 6.79. The molecule has 3 N–H and O–H groups in total. The van der Waals surface area contributed by atoms with Gasteiger partial charge in [0.05, 0.1) is 18.2 Å². The van der Waals surface area contributed by atoms with E-state index < -0.39 is 0 Å². The van der Waals surface area contributed by atoms with E-state index in [1.165, 1.54) is 11.3 Å². The topological polar surface area (TPSA) is 107 Å². The molecule has 0 aliphatic rings. The molecule has 0 saturated carbocycles. The number of aryl methyl sites for hydroxylation is 1. The summed E-state index contributed by atoms with van der Waals surface area (Å²) in [5.41, 5.74) is 7.06. The molecule has 0 unspecified atom stereocenters. The monoisotopic (exact) mass is 343 g/mol. The zero-order chi connectivity index (χ0) is 17.1. The number of carbonyl (C=O) groups is 1. The van der Waals surface area contributed by atoms with Gasteiger partial charge in [0.15, 0.2) is 0 Å². The molecule has 0 saturated heterocycles. The predicted octanol–water partition coefficient (Wildman–Crippen LogP) is 2.50. The number of amides is 1. The number of aromatic nitrogens is 3. The molecular weight excluding hydrogens is 326 g/mol. The van der Waals surface area contributed by atoms with Gasteiger partial charge in [-0.15, -0.1) is 10.2 Å². The van der Waals surface area contributed by atoms with Gasteiger partial charge in [0.2, 0.25) is 16.9 Å². The van der Waals surface area contributed by atoms with Gasteiger partial charge in [-0.2, -0.15) is 0 Å². The van der Waals surface area contributed by atoms with Crippen LogP contribution >= 0.6 is 11.3 Å². The lowest BCUT2D eigenvalue weighted by atomic mass is 10.2. The first-order valence-corrected chi connectivity index (χ1v) is 8.24. The average molecular weight is 343 g/mol. The third-order valence-electron chi connectivity index (χ3n) is 3.45. The van der Waals surface area contributed by atoms with Crippen LogP contribution in [0, 0.1) is 6.92 Å². The predicted molar refractivity (Wildman–Crippen MR) is 91.3 cm³/mol. The van der Waals surface area contributed by atoms with E-state index in [9.17, 15) is 4.79 Å². The van der Waals surface area contributed by atoms with Crippen molar-refractivity contribution in [3.05, 3.63) is 46.8 Å². The Balaban J connectivity index is 1.67. The van der Waals surface area contributed by atoms with Crippen LogP contribution in [0.5, 0.6) is 0 Å². The number of nitrogens with one attached hydrogen (secondary N) is 1. The van der Waals surface area contributed by atoms with E-state index in [1.807, 2.05) is 37.3 Å². The van der Waals surface area contributed by atoms with Crippen molar-refractivity contribution in [3.8, 4) is 11.5 Å². The van der Waals surface area contributed by atoms with Gasteiger partial charge in [0.25, 0.3) is 0 Å². The van der Waals surface area contributed by atoms with Crippen molar-refractivity contribution in [1.82, 2.24) is 20.5 Å². The minimum Gasteiger partial charge on any atom is -0.441 e. The Morgan fingerprint density at radius 2 is 2.08 bits per heavy atom. The molecule has 0 spiro atoms. The van der Waals surface area contributed by atoms with Crippen LogP contribution in [-0.2, 0) is 11.2 Å². The highest BCUT2D eigenvalue weighted by Gasteiger charge is 2.18. The Morgan fingerprint density at radius 1 is 1.33 bits per heavy atom. The number of benzene rings is 1. The molecule has 3 aromatic rings. The molecule has 0 fully saturated rings. The molecule has 0 aliphatic heterocycles. The molecule has 1 aromatic carbocycles. The van der Waals surface area contributed by atoms with Gasteiger partial charge in [-0.05, 0) is 26.0 Å². The molecule has 124 valence electrons. The summed E-state index contributed by atoms with van der Waals surface area (Å²) in [7, 11) is 0. The fourth-order valence-electron chi connectivity index (χ4n) is 2.22. The largest absolute Gasteiger partial charge is 0.441 e. The van der Waals surface area contributed by atoms with Crippen LogP contribution in [0.3, 0.4) is 0 Å². The molecule has 2 heterocycles. The van der Waals surface area contributed by atoms with Crippen molar-refractivity contribution in [2.75, 3.05) is 5.73 Å². The van der Waals surface area contributed by atoms with E-state index in [1.54, 1.807) is 6.92 Å². The van der Waals surface area contributed by atoms with Crippen molar-refractivity contribution in [3.63, 3.8) is 0 Å². The lowest BCUT2D eigenvalue weighted by molar-refractivity contribution is -0.121. The normalized spacial score (nSPS) is 12.1. The van der Waals surface area contributed by atoms with Crippen LogP contribution in [0.15, 0.2) is 34.7 Å². The Morgan fingerprint density at radius 3 is 2.75 bits per heavy atom. The van der Waals surface area contributed by atoms with Crippen molar-refractivity contribution < 1.29 is 9.21 Å². The first-order chi connectivity index (χ1) is 11.5. The summed E-state index contributed by atoms with van der Waals surface area (Å²) in [5, 5.41) is 11.6. The van der Waals surface area contributed by atoms with Crippen LogP contribution in [0.1, 0.15) is 29.4 Å². The lowest BCUT2D eigenvalue weighted by Crippen LogP contribution is -2.28. The second-order valence-corrected chi connectivity index (χ2v) is 6.37. The Bertz CT molecular complexity index is 843. The van der Waals surface area contributed by atoms with Gasteiger partial charge in [-0.3, -0.25) is 4.79 Å². The van der Waals surface area contributed by atoms with Crippen LogP contribution in [-0.4, -0.2) is 21.1 Å². The number of hydrogen-bond donors (Lipinski definition) is 2. The Hall–Kier alpha value is -2.74. The van der Waals surface area contributed by atoms with E-state index in [4.69, 9.17) is 10.2 Å². The van der Waals surface area contributed by atoms with Crippen LogP contribution < -0.4 is 11.1 Å². The van der Waals surface area contributed by atoms with Crippen molar-refractivity contribution in [1.29, 1.82) is 0 Å². The smallest absolute Gasteiger partial charge is 0.226 e. The molecule has 2 aromatic heterocycles. The molecule has 3 rings (SSSR count). The summed E-state index contributed by atoms with van der Waals surface area (Å²) in [5.74, 6) is 0.991. The van der Waals surface area contributed by atoms with Crippen LogP contribution in [0.25, 0.3) is 11.5 Å². The fraction of sp³-hybridized carbons (Fsp3) is 0.250. The number of hydrogen-bond acceptors (Lipinski definition) is 7. The summed E-state index contributed by atoms with van der Waals surface area (Å²) in [6, 6.07) is 9.32. The molecule has 8 heteroatoms. The minimum absolute atomic E-state index is 0.140. The van der Waals surface area contributed by atoms with Gasteiger partial charge in [0.1, 0.15) is 10.8 Å². The fourth-order valence-corrected chi connectivity index (χ4v) is 2.84. The summed E-state index contributed by atoms with van der Waals surface area (Å²) in [6.07, 6.45) is 0.140. The molecule has 24 heavy (non-hydrogen) atoms. The number of anilines is 1. The quantitative estimate of drug-likeness (QED) is 0.737. The molecule has 0 aliphatic carbocycles. The third-order valence-corrected chi connectivity index (χ3v) is 4.38. The Kier molecular flexibility index (Phi) is 4.57. The maximum Gasteiger partial charge on any atom is 0.226 e. The van der Waals surface area contributed by atoms with Crippen LogP contribution in [0.2, 0.25) is 0 Å². The van der Waals surface area contributed by atoms with E-state index in [2.05, 4.69) is 20.5 Å². The van der Waals surface area contributed by atoms with Gasteiger partial charge >= 0.3 is 0 Å². The zero-order valence-electron chi connectivity index (χ0n) is 13.3. The van der Waals surface area contributed by atoms with E-state index >= 15 is 0 Å². The molecular formula is C16H17N5O2S. The first kappa shape index (κ1) is 16.1. The van der Waals surface area contributed by atoms with Crippen molar-refractivity contribution in [2.45, 2.75) is 26.3 Å². The zero-order valence-corrected chi connectivity index (χ0v) is 14.1. The first-order valence-electron chi connectivity index (χ1n) is 7.43. The molecule has 0 bridgehead atoms. The molecule has 1 atom stereocenters. The van der Waals surface area contributed by atoms with Gasteiger partial charge < -0.3 is 15.5 Å². The molecule has 7 nitrogen and oxygen atoms in total. The summed E-state index contributed by atoms with van der Waals surface area (Å²) < 4.78 is 5.67.